The van der Waals surface area contributed by atoms with Crippen molar-refractivity contribution in [3.63, 3.8) is 0 Å². The van der Waals surface area contributed by atoms with E-state index in [1.807, 2.05) is 16.2 Å². The van der Waals surface area contributed by atoms with Gasteiger partial charge in [-0.3, -0.25) is 9.69 Å². The largest absolute Gasteiger partial charge is 0.337 e. The van der Waals surface area contributed by atoms with Gasteiger partial charge in [-0.2, -0.15) is 0 Å². The van der Waals surface area contributed by atoms with E-state index in [2.05, 4.69) is 28.6 Å². The van der Waals surface area contributed by atoms with Crippen LogP contribution in [-0.4, -0.2) is 54.5 Å². The number of nitrogens with one attached hydrogen (secondary N) is 1. The summed E-state index contributed by atoms with van der Waals surface area (Å²) in [5.74, 6) is 0.283. The van der Waals surface area contributed by atoms with Crippen LogP contribution in [0.4, 0.5) is 0 Å². The van der Waals surface area contributed by atoms with Crippen molar-refractivity contribution in [2.24, 2.45) is 0 Å². The number of rotatable bonds is 2. The molecule has 1 fully saturated rings. The highest BCUT2D eigenvalue weighted by atomic mass is 32.1. The van der Waals surface area contributed by atoms with Crippen LogP contribution in [0.1, 0.15) is 17.4 Å². The first kappa shape index (κ1) is 13.1. The molecule has 104 valence electrons. The quantitative estimate of drug-likeness (QED) is 0.875. The molecule has 0 unspecified atom stereocenters. The molecule has 1 N–H and O–H groups in total. The lowest BCUT2D eigenvalue weighted by Crippen LogP contribution is -2.52. The summed E-state index contributed by atoms with van der Waals surface area (Å²) >= 11 is 1.82. The number of thiophene rings is 1. The number of piperazine rings is 1. The zero-order valence-corrected chi connectivity index (χ0v) is 12.2. The molecule has 1 atom stereocenters. The molecule has 0 aliphatic carbocycles. The lowest BCUT2D eigenvalue weighted by molar-refractivity contribution is -0.133. The van der Waals surface area contributed by atoms with Gasteiger partial charge in [-0.05, 0) is 30.4 Å². The Labute approximate surface area is 118 Å². The van der Waals surface area contributed by atoms with E-state index in [0.717, 1.165) is 39.1 Å². The number of hydrogen-bond acceptors (Lipinski definition) is 4. The van der Waals surface area contributed by atoms with Gasteiger partial charge in [-0.1, -0.05) is 0 Å². The molecule has 1 aromatic heterocycles. The highest BCUT2D eigenvalue weighted by Crippen LogP contribution is 2.24. The van der Waals surface area contributed by atoms with E-state index in [0.29, 0.717) is 12.6 Å². The SMILES string of the molecule is C[C@H]1CN(CC(=O)N2CCc3sccc3C2)CCN1. The zero-order valence-electron chi connectivity index (χ0n) is 11.4. The van der Waals surface area contributed by atoms with E-state index in [-0.39, 0.29) is 5.91 Å². The predicted molar refractivity (Wildman–Crippen MR) is 77.3 cm³/mol. The standard InChI is InChI=1S/C14H21N3OS/c1-11-8-16(6-4-15-11)10-14(18)17-5-2-13-12(9-17)3-7-19-13/h3,7,11,15H,2,4-6,8-10H2,1H3/t11-/m0/s1. The molecule has 1 saturated heterocycles. The van der Waals surface area contributed by atoms with Crippen molar-refractivity contribution < 1.29 is 4.79 Å². The number of carbonyl (C=O) groups excluding carboxylic acids is 1. The van der Waals surface area contributed by atoms with Gasteiger partial charge in [0.05, 0.1) is 6.54 Å². The van der Waals surface area contributed by atoms with E-state index in [1.165, 1.54) is 10.4 Å². The molecule has 0 bridgehead atoms. The molecule has 3 rings (SSSR count). The smallest absolute Gasteiger partial charge is 0.237 e. The van der Waals surface area contributed by atoms with Gasteiger partial charge in [0.2, 0.25) is 5.91 Å². The summed E-state index contributed by atoms with van der Waals surface area (Å²) in [6.07, 6.45) is 1.02. The Hall–Kier alpha value is -0.910. The van der Waals surface area contributed by atoms with Crippen LogP contribution in [-0.2, 0) is 17.8 Å². The van der Waals surface area contributed by atoms with E-state index in [4.69, 9.17) is 0 Å². The van der Waals surface area contributed by atoms with Gasteiger partial charge in [0.25, 0.3) is 0 Å². The second-order valence-electron chi connectivity index (χ2n) is 5.52. The van der Waals surface area contributed by atoms with Crippen LogP contribution in [0.3, 0.4) is 0 Å². The van der Waals surface area contributed by atoms with Crippen LogP contribution in [0.5, 0.6) is 0 Å². The van der Waals surface area contributed by atoms with Crippen LogP contribution in [0.15, 0.2) is 11.4 Å². The van der Waals surface area contributed by atoms with Crippen molar-refractivity contribution >= 4 is 17.2 Å². The summed E-state index contributed by atoms with van der Waals surface area (Å²) in [5.41, 5.74) is 1.35. The molecule has 19 heavy (non-hydrogen) atoms. The maximum absolute atomic E-state index is 12.4. The molecule has 0 saturated carbocycles. The van der Waals surface area contributed by atoms with Gasteiger partial charge in [-0.25, -0.2) is 0 Å². The van der Waals surface area contributed by atoms with Crippen molar-refractivity contribution in [2.45, 2.75) is 25.9 Å². The summed E-state index contributed by atoms with van der Waals surface area (Å²) in [6, 6.07) is 2.65. The third kappa shape index (κ3) is 2.99. The van der Waals surface area contributed by atoms with Crippen LogP contribution in [0.2, 0.25) is 0 Å². The minimum atomic E-state index is 0.283. The van der Waals surface area contributed by atoms with Gasteiger partial charge in [0.1, 0.15) is 0 Å². The number of hydrogen-bond donors (Lipinski definition) is 1. The fraction of sp³-hybridized carbons (Fsp3) is 0.643. The van der Waals surface area contributed by atoms with Crippen molar-refractivity contribution in [3.8, 4) is 0 Å². The minimum absolute atomic E-state index is 0.283. The molecule has 5 heteroatoms. The fourth-order valence-electron chi connectivity index (χ4n) is 2.91. The lowest BCUT2D eigenvalue weighted by Gasteiger charge is -2.34. The van der Waals surface area contributed by atoms with Crippen LogP contribution >= 0.6 is 11.3 Å². The van der Waals surface area contributed by atoms with E-state index < -0.39 is 0 Å². The van der Waals surface area contributed by atoms with Gasteiger partial charge < -0.3 is 10.2 Å². The first-order chi connectivity index (χ1) is 9.22. The maximum Gasteiger partial charge on any atom is 0.237 e. The van der Waals surface area contributed by atoms with Crippen molar-refractivity contribution in [2.75, 3.05) is 32.7 Å². The number of carbonyl (C=O) groups is 1. The average molecular weight is 279 g/mol. The van der Waals surface area contributed by atoms with Crippen molar-refractivity contribution in [1.29, 1.82) is 0 Å². The normalized spacial score (nSPS) is 24.3. The van der Waals surface area contributed by atoms with Gasteiger partial charge >= 0.3 is 0 Å². The molecular weight excluding hydrogens is 258 g/mol. The highest BCUT2D eigenvalue weighted by molar-refractivity contribution is 7.10. The molecule has 1 amide bonds. The third-order valence-electron chi connectivity index (χ3n) is 3.97. The zero-order chi connectivity index (χ0) is 13.2. The van der Waals surface area contributed by atoms with Gasteiger partial charge in [0.15, 0.2) is 0 Å². The number of fused-ring (bicyclic) bond motifs is 1. The van der Waals surface area contributed by atoms with Crippen LogP contribution in [0, 0.1) is 0 Å². The highest BCUT2D eigenvalue weighted by Gasteiger charge is 2.24. The van der Waals surface area contributed by atoms with E-state index in [9.17, 15) is 4.79 Å². The number of amides is 1. The molecule has 4 nitrogen and oxygen atoms in total. The Morgan fingerprint density at radius 3 is 3.26 bits per heavy atom. The Kier molecular flexibility index (Phi) is 3.86. The summed E-state index contributed by atoms with van der Waals surface area (Å²) in [6.45, 7) is 7.38. The molecule has 1 aromatic rings. The summed E-state index contributed by atoms with van der Waals surface area (Å²) in [5, 5.41) is 5.54. The topological polar surface area (TPSA) is 35.6 Å². The summed E-state index contributed by atoms with van der Waals surface area (Å²) < 4.78 is 0. The molecule has 0 aromatic carbocycles. The predicted octanol–water partition coefficient (Wildman–Crippen LogP) is 0.926. The van der Waals surface area contributed by atoms with Crippen LogP contribution < -0.4 is 5.32 Å². The fourth-order valence-corrected chi connectivity index (χ4v) is 3.80. The average Bonchev–Trinajstić information content (AvgIpc) is 2.85. The molecule has 2 aliphatic heterocycles. The third-order valence-corrected chi connectivity index (χ3v) is 5.00. The van der Waals surface area contributed by atoms with Crippen molar-refractivity contribution in [3.05, 3.63) is 21.9 Å². The summed E-state index contributed by atoms with van der Waals surface area (Å²) in [4.78, 5) is 18.1. The maximum atomic E-state index is 12.4. The molecule has 2 aliphatic rings. The van der Waals surface area contributed by atoms with Gasteiger partial charge in [-0.15, -0.1) is 11.3 Å². The number of nitrogens with zero attached hydrogens (tertiary/aromatic N) is 2. The van der Waals surface area contributed by atoms with Crippen molar-refractivity contribution in [1.82, 2.24) is 15.1 Å². The Morgan fingerprint density at radius 1 is 1.53 bits per heavy atom. The van der Waals surface area contributed by atoms with E-state index in [1.54, 1.807) is 0 Å². The minimum Gasteiger partial charge on any atom is -0.337 e. The molecule has 0 spiro atoms. The molecule has 0 radical (unpaired) electrons. The second-order valence-corrected chi connectivity index (χ2v) is 6.53. The summed E-state index contributed by atoms with van der Waals surface area (Å²) in [7, 11) is 0. The second kappa shape index (κ2) is 5.61. The van der Waals surface area contributed by atoms with E-state index >= 15 is 0 Å². The Morgan fingerprint density at radius 2 is 2.42 bits per heavy atom. The lowest BCUT2D eigenvalue weighted by atomic mass is 10.1. The first-order valence-electron chi connectivity index (χ1n) is 7.01. The Bertz CT molecular complexity index is 459. The monoisotopic (exact) mass is 279 g/mol. The van der Waals surface area contributed by atoms with Crippen LogP contribution in [0.25, 0.3) is 0 Å². The Balaban J connectivity index is 1.56. The first-order valence-corrected chi connectivity index (χ1v) is 7.89. The molecule has 3 heterocycles. The van der Waals surface area contributed by atoms with Gasteiger partial charge in [0, 0.05) is 43.6 Å². The molecular formula is C14H21N3OS.